The lowest BCUT2D eigenvalue weighted by Gasteiger charge is -2.25. The van der Waals surface area contributed by atoms with Crippen molar-refractivity contribution in [3.05, 3.63) is 77.1 Å². The van der Waals surface area contributed by atoms with Crippen LogP contribution in [0.2, 0.25) is 0 Å². The van der Waals surface area contributed by atoms with Crippen molar-refractivity contribution in [1.82, 2.24) is 14.9 Å². The molecule has 12 heteroatoms. The molecule has 0 bridgehead atoms. The monoisotopic (exact) mass is 541 g/mol. The Labute approximate surface area is 218 Å². The first-order chi connectivity index (χ1) is 18.0. The average molecular weight is 542 g/mol. The van der Waals surface area contributed by atoms with Gasteiger partial charge in [-0.3, -0.25) is 9.59 Å². The summed E-state index contributed by atoms with van der Waals surface area (Å²) in [5, 5.41) is 2.74. The van der Waals surface area contributed by atoms with E-state index in [2.05, 4.69) is 15.3 Å². The summed E-state index contributed by atoms with van der Waals surface area (Å²) in [4.78, 5) is 37.6. The molecule has 0 radical (unpaired) electrons. The lowest BCUT2D eigenvalue weighted by atomic mass is 10.0. The molecule has 198 valence electrons. The second-order valence-electron chi connectivity index (χ2n) is 9.50. The van der Waals surface area contributed by atoms with Crippen molar-refractivity contribution in [1.29, 1.82) is 0 Å². The van der Waals surface area contributed by atoms with Crippen molar-refractivity contribution in [2.24, 2.45) is 0 Å². The molecule has 38 heavy (non-hydrogen) atoms. The average Bonchev–Trinajstić information content (AvgIpc) is 3.48. The minimum atomic E-state index is -3.45. The number of benzene rings is 2. The SMILES string of the molecule is CC(=O)N1Cc2cc(S(C)(=O)=O)ccc2[C@@H]1C(=O)Nc1cnc(N2CCCC2c2cc(F)cc(F)c2)nc1. The lowest BCUT2D eigenvalue weighted by molar-refractivity contribution is -0.136. The summed E-state index contributed by atoms with van der Waals surface area (Å²) in [6.45, 7) is 2.06. The van der Waals surface area contributed by atoms with Crippen LogP contribution in [0.5, 0.6) is 0 Å². The summed E-state index contributed by atoms with van der Waals surface area (Å²) in [7, 11) is -3.45. The van der Waals surface area contributed by atoms with E-state index in [1.165, 1.54) is 48.5 Å². The van der Waals surface area contributed by atoms with Crippen molar-refractivity contribution in [3.8, 4) is 0 Å². The molecule has 0 aliphatic carbocycles. The van der Waals surface area contributed by atoms with Crippen LogP contribution in [-0.4, -0.2) is 47.9 Å². The Morgan fingerprint density at radius 3 is 2.37 bits per heavy atom. The molecule has 5 rings (SSSR count). The van der Waals surface area contributed by atoms with Gasteiger partial charge in [-0.05, 0) is 53.8 Å². The number of carbonyl (C=O) groups is 2. The molecule has 9 nitrogen and oxygen atoms in total. The Kier molecular flexibility index (Phi) is 6.59. The van der Waals surface area contributed by atoms with Crippen molar-refractivity contribution < 1.29 is 26.8 Å². The largest absolute Gasteiger partial charge is 0.334 e. The molecule has 2 aromatic carbocycles. The maximum atomic E-state index is 13.8. The zero-order valence-electron chi connectivity index (χ0n) is 20.7. The van der Waals surface area contributed by atoms with Gasteiger partial charge in [0.1, 0.15) is 17.7 Å². The van der Waals surface area contributed by atoms with E-state index in [4.69, 9.17) is 0 Å². The number of nitrogens with one attached hydrogen (secondary N) is 1. The summed E-state index contributed by atoms with van der Waals surface area (Å²) in [6.07, 6.45) is 5.45. The lowest BCUT2D eigenvalue weighted by Crippen LogP contribution is -2.35. The standard InChI is InChI=1S/C26H25F2N5O4S/c1-15(34)33-14-17-10-21(38(2,36)37)5-6-22(17)24(33)25(35)31-20-12-29-26(30-13-20)32-7-3-4-23(32)16-8-18(27)11-19(28)9-16/h5-6,8-13,23-24H,3-4,7,14H2,1-2H3,(H,31,35)/t23?,24-/m1/s1. The molecule has 1 aromatic heterocycles. The fourth-order valence-corrected chi connectivity index (χ4v) is 5.77. The second kappa shape index (κ2) is 9.75. The maximum Gasteiger partial charge on any atom is 0.251 e. The van der Waals surface area contributed by atoms with Crippen molar-refractivity contribution in [3.63, 3.8) is 0 Å². The van der Waals surface area contributed by atoms with Gasteiger partial charge in [-0.2, -0.15) is 0 Å². The van der Waals surface area contributed by atoms with E-state index < -0.39 is 33.4 Å². The Bertz CT molecular complexity index is 1510. The van der Waals surface area contributed by atoms with Crippen LogP contribution in [0.4, 0.5) is 20.4 Å². The molecule has 2 aliphatic heterocycles. The van der Waals surface area contributed by atoms with Crippen LogP contribution in [0.3, 0.4) is 0 Å². The molecule has 1 unspecified atom stereocenters. The summed E-state index contributed by atoms with van der Waals surface area (Å²) < 4.78 is 51.4. The predicted molar refractivity (Wildman–Crippen MR) is 135 cm³/mol. The molecule has 2 atom stereocenters. The molecule has 0 spiro atoms. The highest BCUT2D eigenvalue weighted by Crippen LogP contribution is 2.37. The van der Waals surface area contributed by atoms with E-state index in [1.54, 1.807) is 6.07 Å². The minimum absolute atomic E-state index is 0.110. The molecule has 1 fully saturated rings. The summed E-state index contributed by atoms with van der Waals surface area (Å²) >= 11 is 0. The van der Waals surface area contributed by atoms with Gasteiger partial charge in [0.05, 0.1) is 29.0 Å². The molecular weight excluding hydrogens is 516 g/mol. The fraction of sp³-hybridized carbons (Fsp3) is 0.308. The van der Waals surface area contributed by atoms with Crippen LogP contribution in [0, 0.1) is 11.6 Å². The number of fused-ring (bicyclic) bond motifs is 1. The van der Waals surface area contributed by atoms with Gasteiger partial charge in [-0.15, -0.1) is 0 Å². The Morgan fingerprint density at radius 2 is 1.74 bits per heavy atom. The fourth-order valence-electron chi connectivity index (χ4n) is 5.10. The molecule has 2 aliphatic rings. The summed E-state index contributed by atoms with van der Waals surface area (Å²) in [5.41, 5.74) is 1.94. The second-order valence-corrected chi connectivity index (χ2v) is 11.5. The number of sulfone groups is 1. The summed E-state index contributed by atoms with van der Waals surface area (Å²) in [6, 6.07) is 6.69. The van der Waals surface area contributed by atoms with Crippen LogP contribution in [0.1, 0.15) is 48.5 Å². The first kappa shape index (κ1) is 25.7. The zero-order valence-corrected chi connectivity index (χ0v) is 21.5. The van der Waals surface area contributed by atoms with Crippen LogP contribution in [0.15, 0.2) is 53.7 Å². The molecular formula is C26H25F2N5O4S. The van der Waals surface area contributed by atoms with Crippen molar-refractivity contribution >= 4 is 33.3 Å². The molecule has 1 saturated heterocycles. The number of hydrogen-bond donors (Lipinski definition) is 1. The highest BCUT2D eigenvalue weighted by molar-refractivity contribution is 7.90. The van der Waals surface area contributed by atoms with Gasteiger partial charge < -0.3 is 15.1 Å². The topological polar surface area (TPSA) is 113 Å². The minimum Gasteiger partial charge on any atom is -0.334 e. The molecule has 3 aromatic rings. The predicted octanol–water partition coefficient (Wildman–Crippen LogP) is 3.54. The number of hydrogen-bond acceptors (Lipinski definition) is 7. The van der Waals surface area contributed by atoms with Gasteiger partial charge in [-0.1, -0.05) is 6.07 Å². The van der Waals surface area contributed by atoms with Gasteiger partial charge in [0, 0.05) is 32.3 Å². The molecule has 1 N–H and O–H groups in total. The summed E-state index contributed by atoms with van der Waals surface area (Å²) in [5.74, 6) is -1.75. The van der Waals surface area contributed by atoms with E-state index in [1.807, 2.05) is 4.90 Å². The number of anilines is 2. The number of amides is 2. The number of halogens is 2. The number of aromatic nitrogens is 2. The van der Waals surface area contributed by atoms with E-state index in [-0.39, 0.29) is 23.4 Å². The van der Waals surface area contributed by atoms with E-state index in [0.717, 1.165) is 18.7 Å². The smallest absolute Gasteiger partial charge is 0.251 e. The molecule has 0 saturated carbocycles. The first-order valence-corrected chi connectivity index (χ1v) is 13.9. The Balaban J connectivity index is 1.35. The Hall–Kier alpha value is -3.93. The zero-order chi connectivity index (χ0) is 27.2. The van der Waals surface area contributed by atoms with Crippen molar-refractivity contribution in [2.45, 2.75) is 43.3 Å². The number of rotatable bonds is 5. The van der Waals surface area contributed by atoms with Crippen LogP contribution >= 0.6 is 0 Å². The van der Waals surface area contributed by atoms with Crippen LogP contribution < -0.4 is 10.2 Å². The van der Waals surface area contributed by atoms with Crippen LogP contribution in [-0.2, 0) is 26.0 Å². The third-order valence-corrected chi connectivity index (χ3v) is 7.94. The quantitative estimate of drug-likeness (QED) is 0.526. The van der Waals surface area contributed by atoms with Gasteiger partial charge in [0.2, 0.25) is 11.9 Å². The third-order valence-electron chi connectivity index (χ3n) is 6.83. The number of carbonyl (C=O) groups excluding carboxylic acids is 2. The van der Waals surface area contributed by atoms with Gasteiger partial charge >= 0.3 is 0 Å². The maximum absolute atomic E-state index is 13.8. The normalized spacial score (nSPS) is 18.9. The molecule has 3 heterocycles. The number of nitrogens with zero attached hydrogens (tertiary/aromatic N) is 4. The Morgan fingerprint density at radius 1 is 1.05 bits per heavy atom. The van der Waals surface area contributed by atoms with E-state index >= 15 is 0 Å². The van der Waals surface area contributed by atoms with Gasteiger partial charge in [-0.25, -0.2) is 27.2 Å². The highest BCUT2D eigenvalue weighted by Gasteiger charge is 2.38. The van der Waals surface area contributed by atoms with E-state index in [9.17, 15) is 26.8 Å². The van der Waals surface area contributed by atoms with E-state index in [0.29, 0.717) is 41.3 Å². The third kappa shape index (κ3) is 4.95. The highest BCUT2D eigenvalue weighted by atomic mass is 32.2. The van der Waals surface area contributed by atoms with Gasteiger partial charge in [0.15, 0.2) is 9.84 Å². The van der Waals surface area contributed by atoms with Gasteiger partial charge in [0.25, 0.3) is 5.91 Å². The first-order valence-electron chi connectivity index (χ1n) is 12.0. The molecule has 2 amide bonds. The van der Waals surface area contributed by atoms with Crippen LogP contribution in [0.25, 0.3) is 0 Å². The van der Waals surface area contributed by atoms with Crippen molar-refractivity contribution in [2.75, 3.05) is 23.0 Å².